The van der Waals surface area contributed by atoms with E-state index in [1.54, 1.807) is 11.3 Å². The molecule has 7 heteroatoms. The van der Waals surface area contributed by atoms with Gasteiger partial charge in [0.1, 0.15) is 10.6 Å². The second-order valence-corrected chi connectivity index (χ2v) is 7.77. The van der Waals surface area contributed by atoms with Gasteiger partial charge in [-0.25, -0.2) is 9.97 Å². The molecule has 0 aliphatic carbocycles. The lowest BCUT2D eigenvalue weighted by molar-refractivity contribution is 1.26. The molecule has 0 aliphatic heterocycles. The average molecular weight is 375 g/mol. The van der Waals surface area contributed by atoms with Crippen LogP contribution < -0.4 is 11.5 Å². The molecule has 0 unspecified atom stereocenters. The molecule has 0 fully saturated rings. The second-order valence-electron chi connectivity index (χ2n) is 5.83. The molecular weight excluding hydrogens is 362 g/mol. The van der Waals surface area contributed by atoms with Crippen LogP contribution in [0.2, 0.25) is 0 Å². The minimum atomic E-state index is 0.177. The zero-order valence-corrected chi connectivity index (χ0v) is 15.1. The predicted octanol–water partition coefficient (Wildman–Crippen LogP) is 4.80. The number of rotatable bonds is 2. The van der Waals surface area contributed by atoms with Crippen molar-refractivity contribution in [2.75, 3.05) is 11.5 Å². The number of hydrogen-bond acceptors (Lipinski definition) is 7. The number of thiophene rings is 2. The highest BCUT2D eigenvalue weighted by Crippen LogP contribution is 2.42. The molecule has 1 aromatic carbocycles. The van der Waals surface area contributed by atoms with Crippen LogP contribution in [0.25, 0.3) is 42.1 Å². The van der Waals surface area contributed by atoms with Crippen molar-refractivity contribution >= 4 is 54.9 Å². The molecule has 5 aromatic rings. The number of fused-ring (bicyclic) bond motifs is 3. The van der Waals surface area contributed by atoms with Gasteiger partial charge in [0, 0.05) is 5.39 Å². The maximum atomic E-state index is 6.10. The van der Waals surface area contributed by atoms with E-state index in [2.05, 4.69) is 39.6 Å². The molecule has 4 heterocycles. The Hall–Kier alpha value is -3.03. The highest BCUT2D eigenvalue weighted by atomic mass is 32.1. The molecule has 126 valence electrons. The van der Waals surface area contributed by atoms with Crippen molar-refractivity contribution in [1.29, 1.82) is 0 Å². The van der Waals surface area contributed by atoms with Crippen LogP contribution in [-0.2, 0) is 0 Å². The summed E-state index contributed by atoms with van der Waals surface area (Å²) in [6.45, 7) is 0. The van der Waals surface area contributed by atoms with Crippen molar-refractivity contribution in [2.24, 2.45) is 0 Å². The normalized spacial score (nSPS) is 11.4. The van der Waals surface area contributed by atoms with Crippen molar-refractivity contribution in [1.82, 2.24) is 15.0 Å². The van der Waals surface area contributed by atoms with Crippen LogP contribution in [0.4, 0.5) is 11.8 Å². The third kappa shape index (κ3) is 2.33. The van der Waals surface area contributed by atoms with E-state index in [9.17, 15) is 0 Å². The Kier molecular flexibility index (Phi) is 3.37. The summed E-state index contributed by atoms with van der Waals surface area (Å²) in [5, 5.41) is 3.02. The van der Waals surface area contributed by atoms with Gasteiger partial charge < -0.3 is 11.5 Å². The predicted molar refractivity (Wildman–Crippen MR) is 110 cm³/mol. The van der Waals surface area contributed by atoms with Crippen molar-refractivity contribution in [2.45, 2.75) is 0 Å². The van der Waals surface area contributed by atoms with Crippen LogP contribution in [0.3, 0.4) is 0 Å². The molecule has 0 spiro atoms. The van der Waals surface area contributed by atoms with E-state index in [4.69, 9.17) is 16.5 Å². The van der Waals surface area contributed by atoms with E-state index >= 15 is 0 Å². The van der Waals surface area contributed by atoms with E-state index < -0.39 is 0 Å². The molecule has 26 heavy (non-hydrogen) atoms. The molecule has 0 saturated heterocycles. The summed E-state index contributed by atoms with van der Waals surface area (Å²) in [4.78, 5) is 15.5. The molecule has 0 atom stereocenters. The van der Waals surface area contributed by atoms with Crippen LogP contribution in [0, 0.1) is 0 Å². The highest BCUT2D eigenvalue weighted by molar-refractivity contribution is 7.26. The molecule has 0 aliphatic rings. The maximum absolute atomic E-state index is 6.10. The van der Waals surface area contributed by atoms with Gasteiger partial charge in [0.05, 0.1) is 20.8 Å². The van der Waals surface area contributed by atoms with Gasteiger partial charge in [-0.15, -0.1) is 22.7 Å². The standard InChI is InChI=1S/C19H13N5S2/c20-17-16-15(23-19(21)24-17)14-11(10-5-2-1-3-6-10)9-12(22-18(14)26-16)13-7-4-8-25-13/h1-9H,(H4,20,21,23,24). The molecule has 0 amide bonds. The van der Waals surface area contributed by atoms with Crippen LogP contribution in [0.1, 0.15) is 0 Å². The first-order valence-electron chi connectivity index (χ1n) is 7.96. The third-order valence-corrected chi connectivity index (χ3v) is 6.18. The zero-order chi connectivity index (χ0) is 17.7. The Bertz CT molecular complexity index is 1240. The van der Waals surface area contributed by atoms with Crippen LogP contribution in [0.5, 0.6) is 0 Å². The third-order valence-electron chi connectivity index (χ3n) is 4.19. The Labute approximate surface area is 157 Å². The average Bonchev–Trinajstić information content (AvgIpc) is 3.30. The van der Waals surface area contributed by atoms with E-state index in [-0.39, 0.29) is 5.95 Å². The van der Waals surface area contributed by atoms with Crippen LogP contribution in [-0.4, -0.2) is 15.0 Å². The Morgan fingerprint density at radius 2 is 1.73 bits per heavy atom. The van der Waals surface area contributed by atoms with Crippen molar-refractivity contribution in [3.8, 4) is 21.7 Å². The lowest BCUT2D eigenvalue weighted by Crippen LogP contribution is -1.99. The van der Waals surface area contributed by atoms with Crippen LogP contribution in [0.15, 0.2) is 53.9 Å². The summed E-state index contributed by atoms with van der Waals surface area (Å²) in [6.07, 6.45) is 0. The summed E-state index contributed by atoms with van der Waals surface area (Å²) >= 11 is 3.18. The lowest BCUT2D eigenvalue weighted by atomic mass is 10.0. The van der Waals surface area contributed by atoms with E-state index in [0.717, 1.165) is 42.1 Å². The minimum absolute atomic E-state index is 0.177. The van der Waals surface area contributed by atoms with Gasteiger partial charge in [-0.05, 0) is 28.6 Å². The number of pyridine rings is 1. The topological polar surface area (TPSA) is 90.7 Å². The Balaban J connectivity index is 1.94. The summed E-state index contributed by atoms with van der Waals surface area (Å²) in [5.41, 5.74) is 15.8. The fourth-order valence-electron chi connectivity index (χ4n) is 3.07. The van der Waals surface area contributed by atoms with E-state index in [1.165, 1.54) is 11.3 Å². The number of hydrogen-bond donors (Lipinski definition) is 2. The second kappa shape index (κ2) is 5.76. The number of anilines is 2. The minimum Gasteiger partial charge on any atom is -0.382 e. The van der Waals surface area contributed by atoms with Gasteiger partial charge in [-0.1, -0.05) is 36.4 Å². The monoisotopic (exact) mass is 375 g/mol. The highest BCUT2D eigenvalue weighted by Gasteiger charge is 2.18. The zero-order valence-electron chi connectivity index (χ0n) is 13.5. The first-order chi connectivity index (χ1) is 12.7. The van der Waals surface area contributed by atoms with E-state index in [0.29, 0.717) is 5.82 Å². The molecule has 0 radical (unpaired) electrons. The first-order valence-corrected chi connectivity index (χ1v) is 9.66. The van der Waals surface area contributed by atoms with Gasteiger partial charge in [-0.3, -0.25) is 0 Å². The van der Waals surface area contributed by atoms with Crippen molar-refractivity contribution < 1.29 is 0 Å². The number of aromatic nitrogens is 3. The maximum Gasteiger partial charge on any atom is 0.222 e. The molecule has 5 nitrogen and oxygen atoms in total. The van der Waals surface area contributed by atoms with Gasteiger partial charge in [0.25, 0.3) is 0 Å². The number of nitrogen functional groups attached to an aromatic ring is 2. The van der Waals surface area contributed by atoms with Gasteiger partial charge in [0.2, 0.25) is 5.95 Å². The van der Waals surface area contributed by atoms with Crippen molar-refractivity contribution in [3.63, 3.8) is 0 Å². The first kappa shape index (κ1) is 15.2. The molecule has 4 aromatic heterocycles. The summed E-state index contributed by atoms with van der Waals surface area (Å²) < 4.78 is 0.821. The summed E-state index contributed by atoms with van der Waals surface area (Å²) in [5.74, 6) is 0.572. The largest absolute Gasteiger partial charge is 0.382 e. The van der Waals surface area contributed by atoms with Gasteiger partial charge in [-0.2, -0.15) is 4.98 Å². The van der Waals surface area contributed by atoms with Gasteiger partial charge in [0.15, 0.2) is 0 Å². The molecular formula is C19H13N5S2. The molecule has 0 saturated carbocycles. The van der Waals surface area contributed by atoms with Crippen LogP contribution >= 0.6 is 22.7 Å². The quantitative estimate of drug-likeness (QED) is 0.462. The number of nitrogens with two attached hydrogens (primary N) is 2. The lowest BCUT2D eigenvalue weighted by Gasteiger charge is -2.07. The molecule has 0 bridgehead atoms. The fraction of sp³-hybridized carbons (Fsp3) is 0. The fourth-order valence-corrected chi connectivity index (χ4v) is 4.80. The molecule has 4 N–H and O–H groups in total. The molecule has 5 rings (SSSR count). The SMILES string of the molecule is Nc1nc(N)c2sc3nc(-c4cccs4)cc(-c4ccccc4)c3c2n1. The number of nitrogens with zero attached hydrogens (tertiary/aromatic N) is 3. The number of benzene rings is 1. The van der Waals surface area contributed by atoms with E-state index in [1.807, 2.05) is 24.3 Å². The summed E-state index contributed by atoms with van der Waals surface area (Å²) in [6, 6.07) is 16.5. The van der Waals surface area contributed by atoms with Gasteiger partial charge >= 0.3 is 0 Å². The smallest absolute Gasteiger partial charge is 0.222 e. The Morgan fingerprint density at radius 3 is 2.50 bits per heavy atom. The van der Waals surface area contributed by atoms with Crippen molar-refractivity contribution in [3.05, 3.63) is 53.9 Å². The summed E-state index contributed by atoms with van der Waals surface area (Å²) in [7, 11) is 0. The Morgan fingerprint density at radius 1 is 0.885 bits per heavy atom.